The van der Waals surface area contributed by atoms with Crippen molar-refractivity contribution in [2.45, 2.75) is 11.8 Å². The van der Waals surface area contributed by atoms with E-state index in [0.29, 0.717) is 0 Å². The van der Waals surface area contributed by atoms with Crippen LogP contribution in [-0.2, 0) is 9.59 Å². The Morgan fingerprint density at radius 2 is 1.33 bits per heavy atom. The zero-order chi connectivity index (χ0) is 19.1. The number of carbonyl (C=O) groups is 2. The highest BCUT2D eigenvalue weighted by atomic mass is 32.2. The summed E-state index contributed by atoms with van der Waals surface area (Å²) in [5.41, 5.74) is 0. The van der Waals surface area contributed by atoms with Crippen LogP contribution in [0.5, 0.6) is 0 Å². The third kappa shape index (κ3) is 5.29. The summed E-state index contributed by atoms with van der Waals surface area (Å²) in [5.74, 6) is -0.201. The molecule has 0 saturated heterocycles. The van der Waals surface area contributed by atoms with Gasteiger partial charge in [-0.3, -0.25) is 9.59 Å². The van der Waals surface area contributed by atoms with E-state index in [1.165, 1.54) is 29.3 Å². The van der Waals surface area contributed by atoms with Crippen molar-refractivity contribution in [2.75, 3.05) is 6.54 Å². The lowest BCUT2D eigenvalue weighted by molar-refractivity contribution is -0.121. The van der Waals surface area contributed by atoms with E-state index in [9.17, 15) is 9.59 Å². The van der Waals surface area contributed by atoms with Crippen LogP contribution in [0.25, 0.3) is 0 Å². The highest BCUT2D eigenvalue weighted by Crippen LogP contribution is 2.36. The average Bonchev–Trinajstić information content (AvgIpc) is 2.70. The summed E-state index contributed by atoms with van der Waals surface area (Å²) in [6.45, 7) is 1.44. The molecule has 27 heavy (non-hydrogen) atoms. The summed E-state index contributed by atoms with van der Waals surface area (Å²) in [6.07, 6.45) is 0. The van der Waals surface area contributed by atoms with Gasteiger partial charge in [-0.1, -0.05) is 78.9 Å². The van der Waals surface area contributed by atoms with Crippen molar-refractivity contribution in [3.63, 3.8) is 0 Å². The van der Waals surface area contributed by atoms with Crippen molar-refractivity contribution in [1.29, 1.82) is 0 Å². The molecule has 0 aliphatic carbocycles. The Morgan fingerprint density at radius 1 is 0.815 bits per heavy atom. The predicted octanol–water partition coefficient (Wildman–Crippen LogP) is 3.20. The first-order chi connectivity index (χ1) is 13.1. The van der Waals surface area contributed by atoms with E-state index >= 15 is 0 Å². The summed E-state index contributed by atoms with van der Waals surface area (Å²) >= 11 is 1.19. The van der Waals surface area contributed by atoms with E-state index in [4.69, 9.17) is 0 Å². The fourth-order valence-corrected chi connectivity index (χ4v) is 6.11. The normalized spacial score (nSPS) is 10.6. The van der Waals surface area contributed by atoms with Crippen LogP contribution < -0.4 is 21.2 Å². The van der Waals surface area contributed by atoms with E-state index in [1.807, 2.05) is 54.6 Å². The van der Waals surface area contributed by atoms with Crippen LogP contribution in [-0.4, -0.2) is 17.6 Å². The van der Waals surface area contributed by atoms with Gasteiger partial charge in [0, 0.05) is 11.8 Å². The van der Waals surface area contributed by atoms with Gasteiger partial charge in [0.25, 0.3) is 0 Å². The van der Waals surface area contributed by atoms with Crippen molar-refractivity contribution in [1.82, 2.24) is 5.32 Å². The Balaban J connectivity index is 1.98. The minimum Gasteiger partial charge on any atom is -0.348 e. The number of hydrogen-bond acceptors (Lipinski definition) is 3. The van der Waals surface area contributed by atoms with Crippen LogP contribution in [0.4, 0.5) is 0 Å². The average molecular weight is 393 g/mol. The van der Waals surface area contributed by atoms with Gasteiger partial charge in [-0.2, -0.15) is 0 Å². The summed E-state index contributed by atoms with van der Waals surface area (Å²) < 4.78 is 0. The van der Waals surface area contributed by atoms with E-state index in [-0.39, 0.29) is 17.6 Å². The Kier molecular flexibility index (Phi) is 6.80. The molecule has 136 valence electrons. The zero-order valence-electron chi connectivity index (χ0n) is 15.0. The zero-order valence-corrected chi connectivity index (χ0v) is 16.7. The lowest BCUT2D eigenvalue weighted by Crippen LogP contribution is -2.26. The molecule has 0 bridgehead atoms. The molecule has 0 aliphatic rings. The molecule has 3 aromatic rings. The fourth-order valence-electron chi connectivity index (χ4n) is 2.66. The van der Waals surface area contributed by atoms with Gasteiger partial charge in [0.1, 0.15) is 0 Å². The first-order valence-electron chi connectivity index (χ1n) is 8.59. The smallest absolute Gasteiger partial charge is 0.217 e. The molecule has 0 heterocycles. The highest BCUT2D eigenvalue weighted by Gasteiger charge is 2.20. The Hall–Kier alpha value is -2.42. The van der Waals surface area contributed by atoms with Gasteiger partial charge in [-0.25, -0.2) is 0 Å². The van der Waals surface area contributed by atoms with E-state index in [2.05, 4.69) is 35.6 Å². The summed E-state index contributed by atoms with van der Waals surface area (Å²) in [6, 6.07) is 28.8. The molecule has 0 unspecified atom stereocenters. The minimum atomic E-state index is -0.779. The summed E-state index contributed by atoms with van der Waals surface area (Å²) in [4.78, 5) is 24.3. The molecule has 0 aliphatic heterocycles. The van der Waals surface area contributed by atoms with Gasteiger partial charge in [0.15, 0.2) is 0 Å². The lowest BCUT2D eigenvalue weighted by atomic mass is 10.3. The number of carbonyl (C=O) groups excluding carboxylic acids is 2. The number of benzene rings is 3. The third-order valence-electron chi connectivity index (χ3n) is 3.84. The Labute approximate surface area is 165 Å². The molecule has 3 rings (SSSR count). The van der Waals surface area contributed by atoms with E-state index in [1.54, 1.807) is 0 Å². The molecule has 3 aromatic carbocycles. The second kappa shape index (κ2) is 9.50. The third-order valence-corrected chi connectivity index (χ3v) is 7.44. The number of thioether (sulfide) groups is 1. The Morgan fingerprint density at radius 3 is 1.89 bits per heavy atom. The first-order valence-corrected chi connectivity index (χ1v) is 10.8. The minimum absolute atomic E-state index is 0.0307. The molecular weight excluding hydrogens is 373 g/mol. The van der Waals surface area contributed by atoms with Crippen molar-refractivity contribution in [3.8, 4) is 0 Å². The number of nitrogens with one attached hydrogen (secondary N) is 1. The van der Waals surface area contributed by atoms with Gasteiger partial charge < -0.3 is 5.32 Å². The monoisotopic (exact) mass is 393 g/mol. The van der Waals surface area contributed by atoms with Gasteiger partial charge in [0.2, 0.25) is 11.0 Å². The van der Waals surface area contributed by atoms with Crippen molar-refractivity contribution >= 4 is 46.6 Å². The van der Waals surface area contributed by atoms with Gasteiger partial charge in [-0.15, -0.1) is 0 Å². The first kappa shape index (κ1) is 19.3. The molecule has 5 heteroatoms. The van der Waals surface area contributed by atoms with Gasteiger partial charge in [-0.05, 0) is 41.7 Å². The molecule has 1 N–H and O–H groups in total. The molecule has 0 spiro atoms. The quantitative estimate of drug-likeness (QED) is 0.517. The predicted molar refractivity (Wildman–Crippen MR) is 115 cm³/mol. The number of amides is 1. The molecule has 3 nitrogen and oxygen atoms in total. The number of hydrogen-bond donors (Lipinski definition) is 1. The molecule has 0 fully saturated rings. The van der Waals surface area contributed by atoms with Crippen molar-refractivity contribution < 1.29 is 9.59 Å². The molecule has 0 atom stereocenters. The molecular formula is C22H20NO2PS. The standard InChI is InChI=1S/C22H20NO2PS/c1-17(24)23-16-22(25)27-21-15-9-8-14-20(21)26(18-10-4-2-5-11-18)19-12-6-3-7-13-19/h2-15H,16H2,1H3,(H,23,24). The second-order valence-corrected chi connectivity index (χ2v) is 9.14. The van der Waals surface area contributed by atoms with E-state index in [0.717, 1.165) is 10.2 Å². The van der Waals surface area contributed by atoms with Gasteiger partial charge in [0.05, 0.1) is 6.54 Å². The topological polar surface area (TPSA) is 46.2 Å². The van der Waals surface area contributed by atoms with Crippen LogP contribution in [0.15, 0.2) is 89.8 Å². The van der Waals surface area contributed by atoms with Crippen LogP contribution in [0.3, 0.4) is 0 Å². The van der Waals surface area contributed by atoms with Crippen LogP contribution in [0.2, 0.25) is 0 Å². The van der Waals surface area contributed by atoms with Crippen LogP contribution >= 0.6 is 19.7 Å². The maximum atomic E-state index is 12.3. The maximum Gasteiger partial charge on any atom is 0.217 e. The SMILES string of the molecule is CC(=O)NCC(=O)Sc1ccccc1P(c1ccccc1)c1ccccc1. The molecule has 0 aromatic heterocycles. The summed E-state index contributed by atoms with van der Waals surface area (Å²) in [5, 5.41) is 6.12. The summed E-state index contributed by atoms with van der Waals surface area (Å²) in [7, 11) is -0.779. The number of rotatable bonds is 6. The van der Waals surface area contributed by atoms with Crippen molar-refractivity contribution in [2.24, 2.45) is 0 Å². The molecule has 0 radical (unpaired) electrons. The van der Waals surface area contributed by atoms with E-state index < -0.39 is 7.92 Å². The molecule has 1 amide bonds. The van der Waals surface area contributed by atoms with Crippen LogP contribution in [0.1, 0.15) is 6.92 Å². The largest absolute Gasteiger partial charge is 0.348 e. The fraction of sp³-hybridized carbons (Fsp3) is 0.0909. The highest BCUT2D eigenvalue weighted by molar-refractivity contribution is 8.14. The van der Waals surface area contributed by atoms with Gasteiger partial charge >= 0.3 is 0 Å². The van der Waals surface area contributed by atoms with Crippen LogP contribution in [0, 0.1) is 0 Å². The Bertz CT molecular complexity index is 876. The lowest BCUT2D eigenvalue weighted by Gasteiger charge is -2.21. The second-order valence-electron chi connectivity index (χ2n) is 5.86. The maximum absolute atomic E-state index is 12.3. The molecule has 0 saturated carbocycles. The van der Waals surface area contributed by atoms with Crippen molar-refractivity contribution in [3.05, 3.63) is 84.9 Å².